The summed E-state index contributed by atoms with van der Waals surface area (Å²) in [5.74, 6) is -0.780. The first kappa shape index (κ1) is 12.9. The van der Waals surface area contributed by atoms with Crippen LogP contribution in [0.5, 0.6) is 0 Å². The normalized spacial score (nSPS) is 11.5. The summed E-state index contributed by atoms with van der Waals surface area (Å²) in [5.41, 5.74) is 0. The van der Waals surface area contributed by atoms with E-state index in [2.05, 4.69) is 13.0 Å². The summed E-state index contributed by atoms with van der Waals surface area (Å²) in [5, 5.41) is 8.34. The maximum Gasteiger partial charge on any atom is 0.307 e. The van der Waals surface area contributed by atoms with Crippen molar-refractivity contribution in [2.24, 2.45) is 0 Å². The van der Waals surface area contributed by atoms with Crippen LogP contribution in [0, 0.1) is 0 Å². The van der Waals surface area contributed by atoms with Gasteiger partial charge in [0.2, 0.25) is 0 Å². The highest BCUT2D eigenvalue weighted by Gasteiger charge is 1.87. The van der Waals surface area contributed by atoms with Gasteiger partial charge in [-0.3, -0.25) is 4.79 Å². The predicted octanol–water partition coefficient (Wildman–Crippen LogP) is 3.54. The van der Waals surface area contributed by atoms with Crippen LogP contribution in [0.25, 0.3) is 0 Å². The Kier molecular flexibility index (Phi) is 9.28. The molecule has 1 N–H and O–H groups in total. The van der Waals surface area contributed by atoms with Gasteiger partial charge in [-0.25, -0.2) is 0 Å². The highest BCUT2D eigenvalue weighted by atomic mass is 16.4. The molecule has 14 heavy (non-hydrogen) atoms. The number of allylic oxidation sites excluding steroid dienone is 3. The zero-order chi connectivity index (χ0) is 10.6. The molecule has 0 rings (SSSR count). The lowest BCUT2D eigenvalue weighted by molar-refractivity contribution is -0.135. The fraction of sp³-hybridized carbons (Fsp3) is 0.583. The summed E-state index contributed by atoms with van der Waals surface area (Å²) >= 11 is 0. The highest BCUT2D eigenvalue weighted by molar-refractivity contribution is 5.68. The van der Waals surface area contributed by atoms with Crippen LogP contribution in [0.3, 0.4) is 0 Å². The van der Waals surface area contributed by atoms with Crippen LogP contribution in [0.15, 0.2) is 24.3 Å². The summed E-state index contributed by atoms with van der Waals surface area (Å²) in [6, 6.07) is 0. The monoisotopic (exact) mass is 196 g/mol. The van der Waals surface area contributed by atoms with Gasteiger partial charge in [0.05, 0.1) is 6.42 Å². The van der Waals surface area contributed by atoms with Crippen LogP contribution in [0.1, 0.15) is 45.4 Å². The van der Waals surface area contributed by atoms with Crippen molar-refractivity contribution in [2.75, 3.05) is 0 Å². The average Bonchev–Trinajstić information content (AvgIpc) is 2.15. The van der Waals surface area contributed by atoms with E-state index < -0.39 is 5.97 Å². The number of unbranched alkanes of at least 4 members (excludes halogenated alkanes) is 4. The molecule has 0 spiro atoms. The van der Waals surface area contributed by atoms with Crippen LogP contribution in [0.4, 0.5) is 0 Å². The molecule has 0 bridgehead atoms. The van der Waals surface area contributed by atoms with Gasteiger partial charge in [-0.1, -0.05) is 50.5 Å². The van der Waals surface area contributed by atoms with Crippen molar-refractivity contribution in [2.45, 2.75) is 45.4 Å². The van der Waals surface area contributed by atoms with Gasteiger partial charge in [0, 0.05) is 0 Å². The first-order chi connectivity index (χ1) is 6.77. The Morgan fingerprint density at radius 1 is 1.14 bits per heavy atom. The molecule has 0 aromatic heterocycles. The molecule has 0 heterocycles. The lowest BCUT2D eigenvalue weighted by Gasteiger charge is -1.92. The fourth-order valence-corrected chi connectivity index (χ4v) is 1.11. The Bertz CT molecular complexity index is 192. The van der Waals surface area contributed by atoms with E-state index in [1.165, 1.54) is 25.7 Å². The van der Waals surface area contributed by atoms with E-state index in [4.69, 9.17) is 5.11 Å². The molecule has 0 amide bonds. The molecule has 0 radical (unpaired) electrons. The molecule has 0 saturated heterocycles. The number of rotatable bonds is 8. The maximum atomic E-state index is 10.1. The zero-order valence-corrected chi connectivity index (χ0v) is 8.91. The van der Waals surface area contributed by atoms with E-state index in [-0.39, 0.29) is 6.42 Å². The second-order valence-electron chi connectivity index (χ2n) is 3.30. The second-order valence-corrected chi connectivity index (χ2v) is 3.30. The lowest BCUT2D eigenvalue weighted by Crippen LogP contribution is -1.89. The topological polar surface area (TPSA) is 37.3 Å². The molecule has 2 nitrogen and oxygen atoms in total. The average molecular weight is 196 g/mol. The second kappa shape index (κ2) is 10.0. The molecular weight excluding hydrogens is 176 g/mol. The van der Waals surface area contributed by atoms with Crippen LogP contribution in [0.2, 0.25) is 0 Å². The highest BCUT2D eigenvalue weighted by Crippen LogP contribution is 2.02. The van der Waals surface area contributed by atoms with Gasteiger partial charge < -0.3 is 5.11 Å². The standard InChI is InChI=1S/C12H20O2/c1-2-3-4-5-6-7-8-9-10-11-12(13)14/h7-10H,2-6,11H2,1H3,(H,13,14)/b8-7+,10-9+. The summed E-state index contributed by atoms with van der Waals surface area (Å²) in [7, 11) is 0. The number of hydrogen-bond acceptors (Lipinski definition) is 1. The first-order valence-electron chi connectivity index (χ1n) is 5.30. The minimum absolute atomic E-state index is 0.111. The molecule has 0 aliphatic carbocycles. The molecule has 0 atom stereocenters. The molecule has 0 aromatic carbocycles. The Morgan fingerprint density at radius 3 is 2.50 bits per heavy atom. The van der Waals surface area contributed by atoms with Crippen molar-refractivity contribution in [1.82, 2.24) is 0 Å². The first-order valence-corrected chi connectivity index (χ1v) is 5.30. The van der Waals surface area contributed by atoms with Crippen molar-refractivity contribution in [1.29, 1.82) is 0 Å². The van der Waals surface area contributed by atoms with Crippen molar-refractivity contribution < 1.29 is 9.90 Å². The molecule has 2 heteroatoms. The van der Waals surface area contributed by atoms with Crippen molar-refractivity contribution in [3.63, 3.8) is 0 Å². The zero-order valence-electron chi connectivity index (χ0n) is 8.91. The summed E-state index contributed by atoms with van der Waals surface area (Å²) in [6.07, 6.45) is 13.8. The Labute approximate surface area is 86.3 Å². The van der Waals surface area contributed by atoms with Crippen LogP contribution in [-0.4, -0.2) is 11.1 Å². The van der Waals surface area contributed by atoms with Gasteiger partial charge in [-0.2, -0.15) is 0 Å². The van der Waals surface area contributed by atoms with Gasteiger partial charge in [-0.15, -0.1) is 0 Å². The molecule has 0 unspecified atom stereocenters. The van der Waals surface area contributed by atoms with E-state index in [1.54, 1.807) is 12.2 Å². The van der Waals surface area contributed by atoms with Crippen molar-refractivity contribution in [3.05, 3.63) is 24.3 Å². The molecule has 0 aliphatic rings. The summed E-state index contributed by atoms with van der Waals surface area (Å²) in [4.78, 5) is 10.1. The molecule has 0 saturated carbocycles. The van der Waals surface area contributed by atoms with Crippen LogP contribution >= 0.6 is 0 Å². The smallest absolute Gasteiger partial charge is 0.307 e. The van der Waals surface area contributed by atoms with Crippen molar-refractivity contribution in [3.8, 4) is 0 Å². The van der Waals surface area contributed by atoms with E-state index in [0.717, 1.165) is 6.42 Å². The fourth-order valence-electron chi connectivity index (χ4n) is 1.11. The van der Waals surface area contributed by atoms with E-state index >= 15 is 0 Å². The number of aliphatic carboxylic acids is 1. The van der Waals surface area contributed by atoms with Crippen molar-refractivity contribution >= 4 is 5.97 Å². The molecule has 0 aromatic rings. The number of hydrogen-bond donors (Lipinski definition) is 1. The maximum absolute atomic E-state index is 10.1. The SMILES string of the molecule is CCCCCC/C=C/C=C/CC(=O)O. The molecule has 0 aliphatic heterocycles. The largest absolute Gasteiger partial charge is 0.481 e. The molecule has 0 fully saturated rings. The van der Waals surface area contributed by atoms with Gasteiger partial charge >= 0.3 is 5.97 Å². The van der Waals surface area contributed by atoms with E-state index in [0.29, 0.717) is 0 Å². The summed E-state index contributed by atoms with van der Waals surface area (Å²) in [6.45, 7) is 2.20. The van der Waals surface area contributed by atoms with Crippen LogP contribution < -0.4 is 0 Å². The molecular formula is C12H20O2. The third kappa shape index (κ3) is 11.0. The van der Waals surface area contributed by atoms with Gasteiger partial charge in [0.1, 0.15) is 0 Å². The minimum atomic E-state index is -0.780. The molecule has 80 valence electrons. The van der Waals surface area contributed by atoms with E-state index in [9.17, 15) is 4.79 Å². The summed E-state index contributed by atoms with van der Waals surface area (Å²) < 4.78 is 0. The Morgan fingerprint density at radius 2 is 1.86 bits per heavy atom. The third-order valence-electron chi connectivity index (χ3n) is 1.90. The number of carboxylic acid groups (broad SMARTS) is 1. The van der Waals surface area contributed by atoms with Crippen LogP contribution in [-0.2, 0) is 4.79 Å². The predicted molar refractivity (Wildman–Crippen MR) is 59.3 cm³/mol. The number of carboxylic acids is 1. The lowest BCUT2D eigenvalue weighted by atomic mass is 10.1. The minimum Gasteiger partial charge on any atom is -0.481 e. The third-order valence-corrected chi connectivity index (χ3v) is 1.90. The Hall–Kier alpha value is -1.05. The quantitative estimate of drug-likeness (QED) is 0.476. The van der Waals surface area contributed by atoms with Gasteiger partial charge in [-0.05, 0) is 12.8 Å². The van der Waals surface area contributed by atoms with Gasteiger partial charge in [0.15, 0.2) is 0 Å². The number of carbonyl (C=O) groups is 1. The Balaban J connectivity index is 3.26. The van der Waals surface area contributed by atoms with Gasteiger partial charge in [0.25, 0.3) is 0 Å². The van der Waals surface area contributed by atoms with E-state index in [1.807, 2.05) is 6.08 Å².